The number of halogens is 1. The van der Waals surface area contributed by atoms with E-state index < -0.39 is 5.97 Å². The van der Waals surface area contributed by atoms with Crippen LogP contribution < -0.4 is 4.74 Å². The van der Waals surface area contributed by atoms with Gasteiger partial charge in [-0.05, 0) is 18.2 Å². The van der Waals surface area contributed by atoms with Crippen molar-refractivity contribution in [1.82, 2.24) is 0 Å². The minimum Gasteiger partial charge on any atom is -0.489 e. The van der Waals surface area contributed by atoms with Crippen LogP contribution in [0.4, 0.5) is 0 Å². The molecule has 1 aromatic carbocycles. The molecule has 0 bridgehead atoms. The Bertz CT molecular complexity index is 657. The fraction of sp³-hybridized carbons (Fsp3) is 0.0769. The van der Waals surface area contributed by atoms with Crippen molar-refractivity contribution in [3.8, 4) is 11.8 Å². The summed E-state index contributed by atoms with van der Waals surface area (Å²) in [6.45, 7) is 0.0420. The van der Waals surface area contributed by atoms with Gasteiger partial charge in [0.05, 0.1) is 16.8 Å². The molecule has 6 heteroatoms. The van der Waals surface area contributed by atoms with Crippen molar-refractivity contribution >= 4 is 17.6 Å². The van der Waals surface area contributed by atoms with E-state index in [9.17, 15) is 4.79 Å². The third-order valence-corrected chi connectivity index (χ3v) is 2.71. The lowest BCUT2D eigenvalue weighted by atomic mass is 10.2. The Morgan fingerprint density at radius 3 is 2.89 bits per heavy atom. The SMILES string of the molecule is N#Cc1ccc(OCc2ccoc2C(=O)O)cc1Cl. The monoisotopic (exact) mass is 277 g/mol. The van der Waals surface area contributed by atoms with Crippen LogP contribution in [0.25, 0.3) is 0 Å². The zero-order valence-electron chi connectivity index (χ0n) is 9.59. The molecule has 96 valence electrons. The summed E-state index contributed by atoms with van der Waals surface area (Å²) in [7, 11) is 0. The van der Waals surface area contributed by atoms with Gasteiger partial charge in [-0.2, -0.15) is 5.26 Å². The molecule has 0 spiro atoms. The summed E-state index contributed by atoms with van der Waals surface area (Å²) in [6, 6.07) is 8.08. The maximum Gasteiger partial charge on any atom is 0.372 e. The highest BCUT2D eigenvalue weighted by molar-refractivity contribution is 6.31. The summed E-state index contributed by atoms with van der Waals surface area (Å²) in [5.41, 5.74) is 0.775. The number of nitriles is 1. The number of carboxylic acid groups (broad SMARTS) is 1. The first-order valence-electron chi connectivity index (χ1n) is 5.24. The molecule has 0 radical (unpaired) electrons. The number of aromatic carboxylic acids is 1. The van der Waals surface area contributed by atoms with E-state index in [1.165, 1.54) is 24.5 Å². The highest BCUT2D eigenvalue weighted by Gasteiger charge is 2.14. The molecule has 0 unspecified atom stereocenters. The predicted molar refractivity (Wildman–Crippen MR) is 66.2 cm³/mol. The quantitative estimate of drug-likeness (QED) is 0.928. The van der Waals surface area contributed by atoms with Crippen LogP contribution in [0.15, 0.2) is 34.9 Å². The van der Waals surface area contributed by atoms with E-state index in [0.717, 1.165) is 0 Å². The van der Waals surface area contributed by atoms with Crippen molar-refractivity contribution in [2.75, 3.05) is 0 Å². The smallest absolute Gasteiger partial charge is 0.372 e. The van der Waals surface area contributed by atoms with Crippen molar-refractivity contribution in [3.63, 3.8) is 0 Å². The zero-order chi connectivity index (χ0) is 13.8. The molecule has 0 atom stereocenters. The lowest BCUT2D eigenvalue weighted by molar-refractivity contribution is 0.0658. The number of benzene rings is 1. The first-order chi connectivity index (χ1) is 9.11. The van der Waals surface area contributed by atoms with Gasteiger partial charge in [0.15, 0.2) is 0 Å². The van der Waals surface area contributed by atoms with Gasteiger partial charge in [0.1, 0.15) is 18.4 Å². The largest absolute Gasteiger partial charge is 0.489 e. The van der Waals surface area contributed by atoms with Crippen LogP contribution >= 0.6 is 11.6 Å². The Morgan fingerprint density at radius 1 is 1.47 bits per heavy atom. The number of carbonyl (C=O) groups is 1. The molecule has 2 aromatic rings. The van der Waals surface area contributed by atoms with Crippen LogP contribution in [0.5, 0.6) is 5.75 Å². The summed E-state index contributed by atoms with van der Waals surface area (Å²) in [5, 5.41) is 17.9. The molecule has 1 N–H and O–H groups in total. The lowest BCUT2D eigenvalue weighted by Crippen LogP contribution is -2.02. The fourth-order valence-electron chi connectivity index (χ4n) is 1.47. The van der Waals surface area contributed by atoms with Crippen LogP contribution in [-0.2, 0) is 6.61 Å². The van der Waals surface area contributed by atoms with Gasteiger partial charge < -0.3 is 14.3 Å². The highest BCUT2D eigenvalue weighted by atomic mass is 35.5. The molecule has 1 aromatic heterocycles. The first-order valence-corrected chi connectivity index (χ1v) is 5.61. The zero-order valence-corrected chi connectivity index (χ0v) is 10.3. The Kier molecular flexibility index (Phi) is 3.74. The molecule has 0 fully saturated rings. The third kappa shape index (κ3) is 2.87. The first kappa shape index (κ1) is 13.0. The minimum absolute atomic E-state index is 0.0420. The van der Waals surface area contributed by atoms with E-state index in [1.807, 2.05) is 6.07 Å². The average Bonchev–Trinajstić information content (AvgIpc) is 2.85. The standard InChI is InChI=1S/C13H8ClNO4/c14-11-5-10(2-1-8(11)6-15)19-7-9-3-4-18-12(9)13(16)17/h1-5H,7H2,(H,16,17). The summed E-state index contributed by atoms with van der Waals surface area (Å²) in [4.78, 5) is 10.8. The average molecular weight is 278 g/mol. The molecule has 0 saturated heterocycles. The molecular weight excluding hydrogens is 270 g/mol. The van der Waals surface area contributed by atoms with Crippen LogP contribution in [-0.4, -0.2) is 11.1 Å². The molecule has 0 aliphatic rings. The second-order valence-electron chi connectivity index (χ2n) is 3.62. The number of rotatable bonds is 4. The summed E-state index contributed by atoms with van der Waals surface area (Å²) >= 11 is 5.86. The van der Waals surface area contributed by atoms with E-state index in [2.05, 4.69) is 0 Å². The number of hydrogen-bond donors (Lipinski definition) is 1. The Labute approximate surface area is 113 Å². The van der Waals surface area contributed by atoms with Gasteiger partial charge in [-0.1, -0.05) is 11.6 Å². The second kappa shape index (κ2) is 5.46. The van der Waals surface area contributed by atoms with Crippen molar-refractivity contribution in [2.24, 2.45) is 0 Å². The van der Waals surface area contributed by atoms with Gasteiger partial charge in [0.25, 0.3) is 0 Å². The van der Waals surface area contributed by atoms with Crippen molar-refractivity contribution < 1.29 is 19.1 Å². The number of hydrogen-bond acceptors (Lipinski definition) is 4. The van der Waals surface area contributed by atoms with Crippen LogP contribution in [0.3, 0.4) is 0 Å². The number of carboxylic acids is 1. The fourth-order valence-corrected chi connectivity index (χ4v) is 1.69. The lowest BCUT2D eigenvalue weighted by Gasteiger charge is -2.06. The molecular formula is C13H8ClNO4. The molecule has 5 nitrogen and oxygen atoms in total. The number of nitrogens with zero attached hydrogens (tertiary/aromatic N) is 1. The Hall–Kier alpha value is -2.45. The number of furan rings is 1. The summed E-state index contributed by atoms with van der Waals surface area (Å²) in [6.07, 6.45) is 1.29. The predicted octanol–water partition coefficient (Wildman–Crippen LogP) is 3.08. The van der Waals surface area contributed by atoms with E-state index >= 15 is 0 Å². The Balaban J connectivity index is 2.11. The van der Waals surface area contributed by atoms with Gasteiger partial charge in [0, 0.05) is 11.6 Å². The summed E-state index contributed by atoms with van der Waals surface area (Å²) < 4.78 is 10.2. The van der Waals surface area contributed by atoms with E-state index in [-0.39, 0.29) is 17.4 Å². The van der Waals surface area contributed by atoms with Crippen molar-refractivity contribution in [3.05, 3.63) is 52.4 Å². The topological polar surface area (TPSA) is 83.5 Å². The van der Waals surface area contributed by atoms with Crippen LogP contribution in [0.2, 0.25) is 5.02 Å². The van der Waals surface area contributed by atoms with Gasteiger partial charge in [0.2, 0.25) is 5.76 Å². The molecule has 19 heavy (non-hydrogen) atoms. The van der Waals surface area contributed by atoms with E-state index in [4.69, 9.17) is 31.1 Å². The van der Waals surface area contributed by atoms with Crippen molar-refractivity contribution in [2.45, 2.75) is 6.61 Å². The number of ether oxygens (including phenoxy) is 1. The summed E-state index contributed by atoms with van der Waals surface area (Å²) in [5.74, 6) is -0.859. The molecule has 0 amide bonds. The molecule has 0 saturated carbocycles. The highest BCUT2D eigenvalue weighted by Crippen LogP contribution is 2.23. The molecule has 2 rings (SSSR count). The second-order valence-corrected chi connectivity index (χ2v) is 4.03. The minimum atomic E-state index is -1.15. The maximum atomic E-state index is 10.8. The molecule has 0 aliphatic heterocycles. The van der Waals surface area contributed by atoms with Crippen LogP contribution in [0.1, 0.15) is 21.7 Å². The normalized spacial score (nSPS) is 9.89. The van der Waals surface area contributed by atoms with Gasteiger partial charge in [-0.15, -0.1) is 0 Å². The van der Waals surface area contributed by atoms with Gasteiger partial charge in [-0.3, -0.25) is 0 Å². The van der Waals surface area contributed by atoms with E-state index in [0.29, 0.717) is 16.9 Å². The van der Waals surface area contributed by atoms with Gasteiger partial charge >= 0.3 is 5.97 Å². The molecule has 0 aliphatic carbocycles. The molecule has 1 heterocycles. The van der Waals surface area contributed by atoms with Gasteiger partial charge in [-0.25, -0.2) is 4.79 Å². The van der Waals surface area contributed by atoms with Crippen molar-refractivity contribution in [1.29, 1.82) is 5.26 Å². The van der Waals surface area contributed by atoms with E-state index in [1.54, 1.807) is 6.07 Å². The Morgan fingerprint density at radius 2 is 2.26 bits per heavy atom. The maximum absolute atomic E-state index is 10.8. The van der Waals surface area contributed by atoms with Crippen LogP contribution in [0, 0.1) is 11.3 Å². The third-order valence-electron chi connectivity index (χ3n) is 2.40.